The second-order valence-corrected chi connectivity index (χ2v) is 4.60. The average molecular weight is 296 g/mol. The quantitative estimate of drug-likeness (QED) is 0.359. The largest absolute Gasteiger partial charge is 0.398 e. The standard InChI is InChI=1S/C8H9N3O2.C5H11NO2/c9-5-3-1-2-4(7(10)12)6(5)8(11)13;7-3-4-5(8)1-2-6-4/h1-3H,9H2,(H2,10,12)(H2,11,13);4-8H,1-3H2/t;4-,5?/m.1/s1. The first kappa shape index (κ1) is 16.9. The van der Waals surface area contributed by atoms with Crippen LogP contribution in [-0.4, -0.2) is 47.3 Å². The van der Waals surface area contributed by atoms with Crippen LogP contribution in [0.3, 0.4) is 0 Å². The van der Waals surface area contributed by atoms with Crippen molar-refractivity contribution in [3.05, 3.63) is 29.3 Å². The summed E-state index contributed by atoms with van der Waals surface area (Å²) < 4.78 is 0. The van der Waals surface area contributed by atoms with Crippen LogP contribution in [0.5, 0.6) is 0 Å². The topological polar surface area (TPSA) is 165 Å². The third-order valence-corrected chi connectivity index (χ3v) is 3.12. The minimum atomic E-state index is -0.757. The lowest BCUT2D eigenvalue weighted by Gasteiger charge is -2.09. The number of anilines is 1. The molecular weight excluding hydrogens is 276 g/mol. The summed E-state index contributed by atoms with van der Waals surface area (Å²) in [7, 11) is 0. The molecule has 0 saturated carbocycles. The highest BCUT2D eigenvalue weighted by Crippen LogP contribution is 2.15. The molecule has 8 nitrogen and oxygen atoms in total. The van der Waals surface area contributed by atoms with Crippen LogP contribution in [0.4, 0.5) is 5.69 Å². The number of amides is 2. The van der Waals surface area contributed by atoms with E-state index in [1.165, 1.54) is 18.2 Å². The van der Waals surface area contributed by atoms with E-state index >= 15 is 0 Å². The third-order valence-electron chi connectivity index (χ3n) is 3.12. The van der Waals surface area contributed by atoms with Crippen molar-refractivity contribution in [3.8, 4) is 0 Å². The number of nitrogens with two attached hydrogens (primary N) is 3. The normalized spacial score (nSPS) is 20.5. The fourth-order valence-electron chi connectivity index (χ4n) is 1.99. The molecule has 1 aromatic carbocycles. The lowest BCUT2D eigenvalue weighted by atomic mass is 10.0. The lowest BCUT2D eigenvalue weighted by molar-refractivity contribution is 0.0968. The number of aliphatic hydroxyl groups is 2. The van der Waals surface area contributed by atoms with E-state index in [0.29, 0.717) is 0 Å². The molecule has 0 aromatic heterocycles. The summed E-state index contributed by atoms with van der Waals surface area (Å²) in [5.74, 6) is -1.48. The van der Waals surface area contributed by atoms with E-state index < -0.39 is 11.8 Å². The van der Waals surface area contributed by atoms with E-state index in [1.807, 2.05) is 0 Å². The first-order chi connectivity index (χ1) is 9.88. The molecular formula is C13H20N4O4. The smallest absolute Gasteiger partial charge is 0.251 e. The monoisotopic (exact) mass is 296 g/mol. The van der Waals surface area contributed by atoms with E-state index in [9.17, 15) is 9.59 Å². The van der Waals surface area contributed by atoms with Crippen LogP contribution in [0.1, 0.15) is 27.1 Å². The third kappa shape index (κ3) is 4.42. The SMILES string of the molecule is NC(=O)c1cccc(N)c1C(N)=O.OC[C@H]1NCCC1O. The molecule has 1 aromatic rings. The lowest BCUT2D eigenvalue weighted by Crippen LogP contribution is -2.33. The number of hydrogen-bond acceptors (Lipinski definition) is 6. The van der Waals surface area contributed by atoms with E-state index in [-0.39, 0.29) is 35.6 Å². The van der Waals surface area contributed by atoms with Crippen molar-refractivity contribution >= 4 is 17.5 Å². The van der Waals surface area contributed by atoms with Gasteiger partial charge in [-0.1, -0.05) is 6.07 Å². The van der Waals surface area contributed by atoms with Gasteiger partial charge < -0.3 is 32.7 Å². The summed E-state index contributed by atoms with van der Waals surface area (Å²) in [6.45, 7) is 0.869. The molecule has 1 aliphatic rings. The molecule has 2 atom stereocenters. The maximum Gasteiger partial charge on any atom is 0.251 e. The first-order valence-electron chi connectivity index (χ1n) is 6.38. The van der Waals surface area contributed by atoms with Gasteiger partial charge in [0.15, 0.2) is 0 Å². The van der Waals surface area contributed by atoms with Gasteiger partial charge in [0.2, 0.25) is 5.91 Å². The molecule has 1 fully saturated rings. The second kappa shape index (κ2) is 7.58. The maximum absolute atomic E-state index is 10.9. The van der Waals surface area contributed by atoms with Crippen LogP contribution in [0.2, 0.25) is 0 Å². The van der Waals surface area contributed by atoms with Crippen molar-refractivity contribution in [2.24, 2.45) is 11.5 Å². The molecule has 0 bridgehead atoms. The number of carbonyl (C=O) groups excluding carboxylic acids is 2. The number of rotatable bonds is 3. The van der Waals surface area contributed by atoms with E-state index in [1.54, 1.807) is 0 Å². The predicted octanol–water partition coefficient (Wildman–Crippen LogP) is -1.83. The van der Waals surface area contributed by atoms with Crippen LogP contribution in [0, 0.1) is 0 Å². The Labute approximate surface area is 121 Å². The number of nitrogen functional groups attached to an aromatic ring is 1. The Bertz CT molecular complexity index is 521. The van der Waals surface area contributed by atoms with Crippen molar-refractivity contribution in [1.29, 1.82) is 0 Å². The molecule has 2 amide bonds. The van der Waals surface area contributed by atoms with Gasteiger partial charge in [-0.15, -0.1) is 0 Å². The Balaban J connectivity index is 0.000000235. The van der Waals surface area contributed by atoms with Crippen molar-refractivity contribution in [2.45, 2.75) is 18.6 Å². The highest BCUT2D eigenvalue weighted by atomic mass is 16.3. The molecule has 9 N–H and O–H groups in total. The fraction of sp³-hybridized carbons (Fsp3) is 0.385. The minimum absolute atomic E-state index is 0.0185. The Hall–Kier alpha value is -2.16. The van der Waals surface area contributed by atoms with Crippen LogP contribution < -0.4 is 22.5 Å². The average Bonchev–Trinajstić information content (AvgIpc) is 2.84. The van der Waals surface area contributed by atoms with Crippen molar-refractivity contribution in [2.75, 3.05) is 18.9 Å². The van der Waals surface area contributed by atoms with Crippen molar-refractivity contribution in [1.82, 2.24) is 5.32 Å². The Morgan fingerprint density at radius 1 is 1.29 bits per heavy atom. The van der Waals surface area contributed by atoms with Gasteiger partial charge in [0.25, 0.3) is 5.91 Å². The molecule has 116 valence electrons. The molecule has 0 aliphatic carbocycles. The Morgan fingerprint density at radius 3 is 2.29 bits per heavy atom. The number of primary amides is 2. The first-order valence-corrected chi connectivity index (χ1v) is 6.38. The minimum Gasteiger partial charge on any atom is -0.398 e. The maximum atomic E-state index is 10.9. The summed E-state index contributed by atoms with van der Waals surface area (Å²) in [4.78, 5) is 21.7. The molecule has 8 heteroatoms. The van der Waals surface area contributed by atoms with Gasteiger partial charge in [-0.3, -0.25) is 9.59 Å². The number of aliphatic hydroxyl groups excluding tert-OH is 2. The zero-order valence-electron chi connectivity index (χ0n) is 11.5. The Kier molecular flexibility index (Phi) is 6.10. The second-order valence-electron chi connectivity index (χ2n) is 4.60. The van der Waals surface area contributed by atoms with E-state index in [0.717, 1.165) is 13.0 Å². The van der Waals surface area contributed by atoms with Crippen molar-refractivity contribution in [3.63, 3.8) is 0 Å². The summed E-state index contributed by atoms with van der Waals surface area (Å²) in [6.07, 6.45) is 0.436. The number of hydrogen-bond donors (Lipinski definition) is 6. The Morgan fingerprint density at radius 2 is 1.95 bits per heavy atom. The molecule has 0 spiro atoms. The number of nitrogens with one attached hydrogen (secondary N) is 1. The van der Waals surface area contributed by atoms with Gasteiger partial charge in [-0.05, 0) is 25.1 Å². The van der Waals surface area contributed by atoms with Gasteiger partial charge in [-0.2, -0.15) is 0 Å². The summed E-state index contributed by atoms with van der Waals surface area (Å²) in [5.41, 5.74) is 15.7. The molecule has 0 radical (unpaired) electrons. The summed E-state index contributed by atoms with van der Waals surface area (Å²) in [5, 5.41) is 20.4. The van der Waals surface area contributed by atoms with E-state index in [4.69, 9.17) is 27.4 Å². The van der Waals surface area contributed by atoms with Gasteiger partial charge in [0.1, 0.15) is 0 Å². The molecule has 1 heterocycles. The van der Waals surface area contributed by atoms with Gasteiger partial charge in [0, 0.05) is 5.69 Å². The van der Waals surface area contributed by atoms with Gasteiger partial charge >= 0.3 is 0 Å². The van der Waals surface area contributed by atoms with E-state index in [2.05, 4.69) is 5.32 Å². The summed E-state index contributed by atoms with van der Waals surface area (Å²) in [6, 6.07) is 4.34. The zero-order valence-corrected chi connectivity index (χ0v) is 11.5. The van der Waals surface area contributed by atoms with Gasteiger partial charge in [-0.25, -0.2) is 0 Å². The van der Waals surface area contributed by atoms with Crippen LogP contribution >= 0.6 is 0 Å². The highest BCUT2D eigenvalue weighted by Gasteiger charge is 2.22. The molecule has 2 rings (SSSR count). The number of benzene rings is 1. The van der Waals surface area contributed by atoms with Crippen LogP contribution in [0.15, 0.2) is 18.2 Å². The van der Waals surface area contributed by atoms with Crippen LogP contribution in [0.25, 0.3) is 0 Å². The number of carbonyl (C=O) groups is 2. The fourth-order valence-corrected chi connectivity index (χ4v) is 1.99. The molecule has 21 heavy (non-hydrogen) atoms. The van der Waals surface area contributed by atoms with Crippen molar-refractivity contribution < 1.29 is 19.8 Å². The summed E-state index contributed by atoms with van der Waals surface area (Å²) >= 11 is 0. The molecule has 1 unspecified atom stereocenters. The predicted molar refractivity (Wildman–Crippen MR) is 77.4 cm³/mol. The zero-order chi connectivity index (χ0) is 16.0. The molecule has 1 saturated heterocycles. The highest BCUT2D eigenvalue weighted by molar-refractivity contribution is 6.09. The molecule has 1 aliphatic heterocycles. The van der Waals surface area contributed by atoms with Crippen LogP contribution in [-0.2, 0) is 0 Å². The van der Waals surface area contributed by atoms with Gasteiger partial charge in [0.05, 0.1) is 29.9 Å².